The topological polar surface area (TPSA) is 6.48 Å². The minimum Gasteiger partial charge on any atom is -0.379 e. The van der Waals surface area contributed by atoms with Gasteiger partial charge in [0.05, 0.1) is 0 Å². The number of rotatable bonds is 0. The van der Waals surface area contributed by atoms with E-state index in [0.29, 0.717) is 0 Å². The van der Waals surface area contributed by atoms with E-state index in [1.165, 1.54) is 67.0 Å². The SMILES string of the molecule is Cc1cc2[c-]c(c1)-c1cc(C)c(C)cc1N(C)Cc1[c-]c(cc(C)c1)-c1cc(C)c(C)cc1N(C)C2.[Pt+4]. The molecule has 3 heteroatoms. The van der Waals surface area contributed by atoms with E-state index in [-0.39, 0.29) is 21.1 Å². The summed E-state index contributed by atoms with van der Waals surface area (Å²) in [4.78, 5) is 4.73. The van der Waals surface area contributed by atoms with Crippen LogP contribution in [-0.2, 0) is 34.2 Å². The van der Waals surface area contributed by atoms with Crippen LogP contribution in [0.25, 0.3) is 22.3 Å². The number of fused-ring (bicyclic) bond motifs is 8. The molecule has 0 aliphatic carbocycles. The van der Waals surface area contributed by atoms with Crippen LogP contribution in [0, 0.1) is 53.7 Å². The van der Waals surface area contributed by atoms with E-state index < -0.39 is 0 Å². The van der Waals surface area contributed by atoms with Gasteiger partial charge < -0.3 is 9.80 Å². The van der Waals surface area contributed by atoms with Gasteiger partial charge in [0, 0.05) is 38.6 Å². The van der Waals surface area contributed by atoms with Crippen molar-refractivity contribution < 1.29 is 21.1 Å². The van der Waals surface area contributed by atoms with Gasteiger partial charge in [-0.2, -0.15) is 0 Å². The summed E-state index contributed by atoms with van der Waals surface area (Å²) in [5.41, 5.74) is 17.4. The number of nitrogens with zero attached hydrogens (tertiary/aromatic N) is 2. The fourth-order valence-corrected chi connectivity index (χ4v) is 5.39. The van der Waals surface area contributed by atoms with Crippen LogP contribution in [-0.4, -0.2) is 14.1 Å². The Kier molecular flexibility index (Phi) is 7.72. The van der Waals surface area contributed by atoms with Gasteiger partial charge >= 0.3 is 21.1 Å². The fraction of sp³-hybridized carbons (Fsp3) is 0.294. The van der Waals surface area contributed by atoms with Crippen LogP contribution in [0.1, 0.15) is 44.5 Å². The smallest absolute Gasteiger partial charge is 0.379 e. The summed E-state index contributed by atoms with van der Waals surface area (Å²) >= 11 is 0. The van der Waals surface area contributed by atoms with Crippen LogP contribution < -0.4 is 9.80 Å². The van der Waals surface area contributed by atoms with E-state index in [2.05, 4.69) is 126 Å². The Morgan fingerprint density at radius 3 is 1.24 bits per heavy atom. The van der Waals surface area contributed by atoms with Gasteiger partial charge in [-0.3, -0.25) is 0 Å². The maximum atomic E-state index is 3.79. The summed E-state index contributed by atoms with van der Waals surface area (Å²) in [6.45, 7) is 14.8. The molecule has 0 saturated heterocycles. The molecule has 4 bridgehead atoms. The third-order valence-corrected chi connectivity index (χ3v) is 7.58. The zero-order valence-corrected chi connectivity index (χ0v) is 25.5. The average Bonchev–Trinajstić information content (AvgIpc) is 2.80. The van der Waals surface area contributed by atoms with Crippen LogP contribution in [0.2, 0.25) is 0 Å². The van der Waals surface area contributed by atoms with Gasteiger partial charge in [0.2, 0.25) is 0 Å². The molecular weight excluding hydrogens is 631 g/mol. The molecule has 0 fully saturated rings. The van der Waals surface area contributed by atoms with Crippen molar-refractivity contribution in [2.75, 3.05) is 23.9 Å². The number of anilines is 2. The first-order chi connectivity index (χ1) is 17.1. The molecule has 0 saturated carbocycles. The van der Waals surface area contributed by atoms with Crippen molar-refractivity contribution in [2.24, 2.45) is 0 Å². The maximum absolute atomic E-state index is 3.79. The first-order valence-electron chi connectivity index (χ1n) is 12.8. The Labute approximate surface area is 237 Å². The Morgan fingerprint density at radius 1 is 0.514 bits per heavy atom. The van der Waals surface area contributed by atoms with E-state index >= 15 is 0 Å². The van der Waals surface area contributed by atoms with Crippen LogP contribution in [0.3, 0.4) is 0 Å². The molecule has 4 aromatic carbocycles. The molecule has 0 radical (unpaired) electrons. The number of aryl methyl sites for hydroxylation is 6. The van der Waals surface area contributed by atoms with E-state index in [4.69, 9.17) is 0 Å². The van der Waals surface area contributed by atoms with Gasteiger partial charge in [0.15, 0.2) is 0 Å². The zero-order chi connectivity index (χ0) is 25.7. The van der Waals surface area contributed by atoms with Crippen molar-refractivity contribution >= 4 is 11.4 Å². The molecule has 4 aromatic rings. The molecule has 0 atom stereocenters. The Hall–Kier alpha value is -2.83. The van der Waals surface area contributed by atoms with Crippen molar-refractivity contribution in [3.8, 4) is 22.3 Å². The minimum absolute atomic E-state index is 0. The van der Waals surface area contributed by atoms with E-state index in [1.807, 2.05) is 0 Å². The summed E-state index contributed by atoms with van der Waals surface area (Å²) in [6.07, 6.45) is 0. The van der Waals surface area contributed by atoms with E-state index in [0.717, 1.165) is 24.2 Å². The Bertz CT molecular complexity index is 1370. The van der Waals surface area contributed by atoms with E-state index in [1.54, 1.807) is 0 Å². The second-order valence-electron chi connectivity index (χ2n) is 10.8. The number of benzene rings is 4. The molecule has 0 amide bonds. The number of hydrogen-bond acceptors (Lipinski definition) is 2. The molecule has 190 valence electrons. The molecule has 0 aromatic heterocycles. The van der Waals surface area contributed by atoms with Gasteiger partial charge in [0.25, 0.3) is 0 Å². The van der Waals surface area contributed by atoms with Crippen LogP contribution in [0.5, 0.6) is 0 Å². The predicted molar refractivity (Wildman–Crippen MR) is 154 cm³/mol. The van der Waals surface area contributed by atoms with Crippen molar-refractivity contribution in [1.82, 2.24) is 0 Å². The maximum Gasteiger partial charge on any atom is 4.00 e. The summed E-state index contributed by atoms with van der Waals surface area (Å²) in [6, 6.07) is 26.0. The molecule has 0 spiro atoms. The number of hydrogen-bond donors (Lipinski definition) is 0. The van der Waals surface area contributed by atoms with Crippen LogP contribution >= 0.6 is 0 Å². The van der Waals surface area contributed by atoms with Crippen LogP contribution in [0.15, 0.2) is 48.5 Å². The second kappa shape index (κ2) is 10.5. The van der Waals surface area contributed by atoms with Crippen molar-refractivity contribution in [3.63, 3.8) is 0 Å². The van der Waals surface area contributed by atoms with Gasteiger partial charge in [-0.1, -0.05) is 48.2 Å². The van der Waals surface area contributed by atoms with E-state index in [9.17, 15) is 0 Å². The molecule has 5 rings (SSSR count). The standard InChI is InChI=1S/C34H36N2.Pt/c1-21-9-27-17-29(11-21)31-13-23(3)25(5)15-33(31)36(8)20-28-10-22(2)12-30(18-28)32-14-24(4)26(6)16-34(32)35(7)19-27;/h9-16H,19-20H2,1-8H3;/q-2;+4. The molecule has 0 unspecified atom stereocenters. The Balaban J connectivity index is 0.00000320. The molecule has 0 N–H and O–H groups in total. The normalized spacial score (nSPS) is 12.9. The third kappa shape index (κ3) is 5.41. The fourth-order valence-electron chi connectivity index (χ4n) is 5.39. The summed E-state index contributed by atoms with van der Waals surface area (Å²) in [5, 5.41) is 0. The largest absolute Gasteiger partial charge is 4.00 e. The zero-order valence-electron chi connectivity index (χ0n) is 23.2. The summed E-state index contributed by atoms with van der Waals surface area (Å²) in [7, 11) is 4.39. The predicted octanol–water partition coefficient (Wildman–Crippen LogP) is 8.06. The first kappa shape index (κ1) is 27.2. The van der Waals surface area contributed by atoms with Gasteiger partial charge in [-0.15, -0.1) is 69.8 Å². The molecule has 1 aliphatic heterocycles. The van der Waals surface area contributed by atoms with Gasteiger partial charge in [-0.05, 0) is 51.0 Å². The van der Waals surface area contributed by atoms with Crippen molar-refractivity contribution in [3.05, 3.63) is 105 Å². The summed E-state index contributed by atoms with van der Waals surface area (Å²) < 4.78 is 0. The van der Waals surface area contributed by atoms with Crippen LogP contribution in [0.4, 0.5) is 11.4 Å². The Morgan fingerprint density at radius 2 is 0.865 bits per heavy atom. The molecular formula is C34H36N2Pt+2. The average molecular weight is 668 g/mol. The van der Waals surface area contributed by atoms with Crippen molar-refractivity contribution in [1.29, 1.82) is 0 Å². The van der Waals surface area contributed by atoms with Gasteiger partial charge in [0.1, 0.15) is 0 Å². The first-order valence-corrected chi connectivity index (χ1v) is 12.8. The molecule has 1 heterocycles. The molecule has 37 heavy (non-hydrogen) atoms. The molecule has 1 aliphatic rings. The summed E-state index contributed by atoms with van der Waals surface area (Å²) in [5.74, 6) is 0. The van der Waals surface area contributed by atoms with Gasteiger partial charge in [-0.25, -0.2) is 0 Å². The third-order valence-electron chi connectivity index (χ3n) is 7.58. The molecule has 2 nitrogen and oxygen atoms in total. The van der Waals surface area contributed by atoms with Crippen molar-refractivity contribution in [2.45, 2.75) is 54.6 Å². The second-order valence-corrected chi connectivity index (χ2v) is 10.8. The minimum atomic E-state index is 0. The monoisotopic (exact) mass is 667 g/mol. The quantitative estimate of drug-likeness (QED) is 0.175.